The summed E-state index contributed by atoms with van der Waals surface area (Å²) >= 11 is 0. The molecule has 1 aromatic heterocycles. The van der Waals surface area contributed by atoms with Gasteiger partial charge in [0.2, 0.25) is 5.91 Å². The van der Waals surface area contributed by atoms with E-state index in [1.807, 2.05) is 0 Å². The summed E-state index contributed by atoms with van der Waals surface area (Å²) in [6.07, 6.45) is -5.54. The fraction of sp³-hybridized carbons (Fsp3) is 0.714. The molecule has 3 heterocycles. The number of cyclic esters (lactones) is 1. The number of aliphatic hydroxyl groups is 3. The quantitative estimate of drug-likeness (QED) is 0.456. The summed E-state index contributed by atoms with van der Waals surface area (Å²) in [7, 11) is 0. The van der Waals surface area contributed by atoms with E-state index < -0.39 is 42.9 Å². The number of amides is 2. The minimum atomic E-state index is -1.40. The lowest BCUT2D eigenvalue weighted by molar-refractivity contribution is -0.243. The van der Waals surface area contributed by atoms with Gasteiger partial charge in [-0.1, -0.05) is 5.21 Å². The summed E-state index contributed by atoms with van der Waals surface area (Å²) in [4.78, 5) is 24.3. The van der Waals surface area contributed by atoms with Gasteiger partial charge in [0.15, 0.2) is 6.23 Å². The molecule has 0 bridgehead atoms. The van der Waals surface area contributed by atoms with Crippen LogP contribution in [0.2, 0.25) is 0 Å². The Hall–Kier alpha value is -2.28. The minimum absolute atomic E-state index is 0.0212. The number of nitrogens with one attached hydrogen (secondary N) is 1. The number of nitrogens with zero attached hydrogens (tertiary/aromatic N) is 4. The SMILES string of the molecule is CC(=O)NC1COC(=O)N1Cc1cn([C@@H]2O[C@@H](C)[C@H](O)[C@@H](O)[C@H]2O)nn1. The van der Waals surface area contributed by atoms with Crippen LogP contribution < -0.4 is 5.32 Å². The highest BCUT2D eigenvalue weighted by Crippen LogP contribution is 2.27. The first-order valence-corrected chi connectivity index (χ1v) is 8.08. The largest absolute Gasteiger partial charge is 0.445 e. The van der Waals surface area contributed by atoms with Crippen LogP contribution in [-0.2, 0) is 20.8 Å². The first-order valence-electron chi connectivity index (χ1n) is 8.08. The zero-order valence-corrected chi connectivity index (χ0v) is 14.2. The van der Waals surface area contributed by atoms with Crippen molar-refractivity contribution in [1.29, 1.82) is 0 Å². The average molecular weight is 371 g/mol. The lowest BCUT2D eigenvalue weighted by atomic mass is 9.99. The summed E-state index contributed by atoms with van der Waals surface area (Å²) < 4.78 is 11.6. The zero-order chi connectivity index (χ0) is 19.0. The van der Waals surface area contributed by atoms with Crippen molar-refractivity contribution in [3.8, 4) is 0 Å². The van der Waals surface area contributed by atoms with Crippen LogP contribution in [0.1, 0.15) is 25.8 Å². The molecule has 2 aliphatic heterocycles. The molecule has 3 rings (SSSR count). The molecule has 144 valence electrons. The highest BCUT2D eigenvalue weighted by Gasteiger charge is 2.43. The fourth-order valence-corrected chi connectivity index (χ4v) is 2.91. The van der Waals surface area contributed by atoms with Gasteiger partial charge < -0.3 is 30.1 Å². The zero-order valence-electron chi connectivity index (χ0n) is 14.2. The van der Waals surface area contributed by atoms with Crippen LogP contribution in [0.5, 0.6) is 0 Å². The predicted octanol–water partition coefficient (Wildman–Crippen LogP) is -2.31. The van der Waals surface area contributed by atoms with E-state index in [0.717, 1.165) is 0 Å². The molecule has 2 fully saturated rings. The molecule has 2 amide bonds. The lowest BCUT2D eigenvalue weighted by Gasteiger charge is -2.38. The van der Waals surface area contributed by atoms with Crippen LogP contribution in [0.4, 0.5) is 4.79 Å². The van der Waals surface area contributed by atoms with E-state index in [4.69, 9.17) is 9.47 Å². The molecule has 26 heavy (non-hydrogen) atoms. The van der Waals surface area contributed by atoms with E-state index in [2.05, 4.69) is 15.6 Å². The van der Waals surface area contributed by atoms with Crippen molar-refractivity contribution in [2.75, 3.05) is 6.61 Å². The normalized spacial score (nSPS) is 34.7. The maximum Gasteiger partial charge on any atom is 0.412 e. The molecule has 0 aromatic carbocycles. The summed E-state index contributed by atoms with van der Waals surface area (Å²) in [6.45, 7) is 2.94. The first kappa shape index (κ1) is 18.5. The Morgan fingerprint density at radius 1 is 1.35 bits per heavy atom. The third kappa shape index (κ3) is 3.49. The van der Waals surface area contributed by atoms with Gasteiger partial charge in [0, 0.05) is 6.92 Å². The Morgan fingerprint density at radius 3 is 2.77 bits per heavy atom. The molecule has 6 atom stereocenters. The van der Waals surface area contributed by atoms with Crippen molar-refractivity contribution in [1.82, 2.24) is 25.2 Å². The third-order valence-electron chi connectivity index (χ3n) is 4.32. The van der Waals surface area contributed by atoms with Gasteiger partial charge in [0.1, 0.15) is 36.8 Å². The smallest absolute Gasteiger partial charge is 0.412 e. The highest BCUT2D eigenvalue weighted by atomic mass is 16.6. The molecule has 12 nitrogen and oxygen atoms in total. The van der Waals surface area contributed by atoms with Crippen LogP contribution in [0.25, 0.3) is 0 Å². The molecule has 12 heteroatoms. The molecule has 0 aliphatic carbocycles. The minimum Gasteiger partial charge on any atom is -0.445 e. The number of hydrogen-bond acceptors (Lipinski definition) is 9. The Bertz CT molecular complexity index is 682. The molecule has 2 saturated heterocycles. The topological polar surface area (TPSA) is 159 Å². The van der Waals surface area contributed by atoms with E-state index in [9.17, 15) is 24.9 Å². The Labute approximate surface area is 148 Å². The second-order valence-corrected chi connectivity index (χ2v) is 6.31. The van der Waals surface area contributed by atoms with Crippen molar-refractivity contribution in [2.45, 2.75) is 57.2 Å². The van der Waals surface area contributed by atoms with E-state index in [1.54, 1.807) is 6.92 Å². The van der Waals surface area contributed by atoms with Gasteiger partial charge in [-0.15, -0.1) is 5.10 Å². The van der Waals surface area contributed by atoms with Crippen LogP contribution >= 0.6 is 0 Å². The summed E-state index contributed by atoms with van der Waals surface area (Å²) in [6, 6.07) is 0. The number of carbonyl (C=O) groups excluding carboxylic acids is 2. The van der Waals surface area contributed by atoms with Gasteiger partial charge in [-0.25, -0.2) is 9.48 Å². The molecule has 1 unspecified atom stereocenters. The molecule has 0 spiro atoms. The van der Waals surface area contributed by atoms with Crippen molar-refractivity contribution >= 4 is 12.0 Å². The second-order valence-electron chi connectivity index (χ2n) is 6.31. The van der Waals surface area contributed by atoms with Crippen molar-refractivity contribution in [3.05, 3.63) is 11.9 Å². The van der Waals surface area contributed by atoms with Gasteiger partial charge in [-0.05, 0) is 6.92 Å². The number of carbonyl (C=O) groups is 2. The van der Waals surface area contributed by atoms with Crippen molar-refractivity contribution in [2.24, 2.45) is 0 Å². The third-order valence-corrected chi connectivity index (χ3v) is 4.32. The number of hydrogen-bond donors (Lipinski definition) is 4. The number of aromatic nitrogens is 3. The molecule has 4 N–H and O–H groups in total. The number of aliphatic hydroxyl groups excluding tert-OH is 3. The van der Waals surface area contributed by atoms with Gasteiger partial charge in [-0.3, -0.25) is 9.69 Å². The number of rotatable bonds is 4. The lowest BCUT2D eigenvalue weighted by Crippen LogP contribution is -2.54. The summed E-state index contributed by atoms with van der Waals surface area (Å²) in [5.41, 5.74) is 0.364. The molecule has 2 aliphatic rings. The molecule has 0 saturated carbocycles. The average Bonchev–Trinajstić information content (AvgIpc) is 3.18. The van der Waals surface area contributed by atoms with Gasteiger partial charge >= 0.3 is 6.09 Å². The molecular weight excluding hydrogens is 350 g/mol. The van der Waals surface area contributed by atoms with Gasteiger partial charge in [0.25, 0.3) is 0 Å². The van der Waals surface area contributed by atoms with E-state index in [-0.39, 0.29) is 19.1 Å². The van der Waals surface area contributed by atoms with E-state index in [1.165, 1.54) is 22.7 Å². The molecule has 1 aromatic rings. The summed E-state index contributed by atoms with van der Waals surface area (Å²) in [5.74, 6) is -0.304. The van der Waals surface area contributed by atoms with Gasteiger partial charge in [-0.2, -0.15) is 0 Å². The first-order chi connectivity index (χ1) is 12.3. The maximum atomic E-state index is 11.8. The van der Waals surface area contributed by atoms with Crippen LogP contribution in [0.15, 0.2) is 6.20 Å². The summed E-state index contributed by atoms with van der Waals surface area (Å²) in [5, 5.41) is 40.1. The van der Waals surface area contributed by atoms with E-state index >= 15 is 0 Å². The van der Waals surface area contributed by atoms with Crippen molar-refractivity contribution < 1.29 is 34.4 Å². The Morgan fingerprint density at radius 2 is 2.08 bits per heavy atom. The molecular formula is C14H21N5O7. The van der Waals surface area contributed by atoms with Crippen molar-refractivity contribution in [3.63, 3.8) is 0 Å². The monoisotopic (exact) mass is 371 g/mol. The van der Waals surface area contributed by atoms with Crippen LogP contribution in [0, 0.1) is 0 Å². The van der Waals surface area contributed by atoms with Gasteiger partial charge in [0.05, 0.1) is 18.8 Å². The fourth-order valence-electron chi connectivity index (χ4n) is 2.91. The Balaban J connectivity index is 1.71. The van der Waals surface area contributed by atoms with Crippen LogP contribution in [0.3, 0.4) is 0 Å². The van der Waals surface area contributed by atoms with E-state index in [0.29, 0.717) is 5.69 Å². The van der Waals surface area contributed by atoms with Crippen LogP contribution in [-0.4, -0.2) is 84.4 Å². The maximum absolute atomic E-state index is 11.8. The predicted molar refractivity (Wildman–Crippen MR) is 82.1 cm³/mol. The standard InChI is InChI=1S/C14H21N5O7/c1-6-10(21)11(22)12(23)13(26-6)19-4-8(16-17-19)3-18-9(15-7(2)20)5-25-14(18)24/h4,6,9-13,21-23H,3,5H2,1-2H3,(H,15,20)/t6-,9?,10-,11+,12+,13+/m0/s1. The number of ether oxygens (including phenoxy) is 2. The Kier molecular flexibility index (Phi) is 5.09. The second kappa shape index (κ2) is 7.15. The molecule has 0 radical (unpaired) electrons. The highest BCUT2D eigenvalue weighted by molar-refractivity contribution is 5.75.